The molecule has 2 unspecified atom stereocenters. The number of fused-ring (bicyclic) bond motifs is 1. The average molecular weight is 543 g/mol. The molecule has 0 radical (unpaired) electrons. The van der Waals surface area contributed by atoms with Gasteiger partial charge in [0.05, 0.1) is 12.6 Å². The molecule has 38 heavy (non-hydrogen) atoms. The van der Waals surface area contributed by atoms with Crippen LogP contribution in [0, 0.1) is 17.7 Å². The number of hydrogen-bond acceptors (Lipinski definition) is 5. The Bertz CT molecular complexity index is 1210. The number of pyridine rings is 1. The Balaban J connectivity index is 1.32. The summed E-state index contributed by atoms with van der Waals surface area (Å²) >= 11 is 1.65. The van der Waals surface area contributed by atoms with Crippen LogP contribution < -0.4 is 4.74 Å². The van der Waals surface area contributed by atoms with Gasteiger partial charge in [0.15, 0.2) is 0 Å². The maximum Gasteiger partial charge on any atom is 0.303 e. The Morgan fingerprint density at radius 2 is 2.08 bits per heavy atom. The second kappa shape index (κ2) is 13.9. The van der Waals surface area contributed by atoms with Gasteiger partial charge < -0.3 is 14.7 Å². The maximum atomic E-state index is 15.5. The molecule has 4 rings (SSSR count). The lowest BCUT2D eigenvalue weighted by Gasteiger charge is -2.39. The summed E-state index contributed by atoms with van der Waals surface area (Å²) in [6.45, 7) is 2.70. The number of ether oxygens (including phenoxy) is 1. The van der Waals surface area contributed by atoms with Crippen molar-refractivity contribution in [2.24, 2.45) is 11.8 Å². The third kappa shape index (κ3) is 7.90. The fraction of sp³-hybridized carbons (Fsp3) is 0.467. The number of nitrogens with zero attached hydrogens (tertiary/aromatic N) is 2. The first-order valence-corrected chi connectivity index (χ1v) is 14.3. The first kappa shape index (κ1) is 28.3. The van der Waals surface area contributed by atoms with Crippen LogP contribution in [0.1, 0.15) is 50.3 Å². The van der Waals surface area contributed by atoms with Crippen LogP contribution in [-0.4, -0.2) is 53.5 Å². The van der Waals surface area contributed by atoms with Crippen molar-refractivity contribution in [2.45, 2.75) is 49.6 Å². The molecule has 1 aliphatic heterocycles. The van der Waals surface area contributed by atoms with Crippen molar-refractivity contribution in [1.82, 2.24) is 9.88 Å². The van der Waals surface area contributed by atoms with Gasteiger partial charge in [0.2, 0.25) is 0 Å². The third-order valence-corrected chi connectivity index (χ3v) is 8.58. The van der Waals surface area contributed by atoms with Crippen LogP contribution in [0.4, 0.5) is 8.78 Å². The van der Waals surface area contributed by atoms with E-state index < -0.39 is 12.1 Å². The van der Waals surface area contributed by atoms with Crippen LogP contribution >= 0.6 is 11.8 Å². The van der Waals surface area contributed by atoms with Crippen molar-refractivity contribution >= 4 is 28.6 Å². The molecule has 1 saturated heterocycles. The number of halogens is 2. The van der Waals surface area contributed by atoms with Crippen molar-refractivity contribution in [2.75, 3.05) is 32.5 Å². The Hall–Kier alpha value is -2.71. The minimum Gasteiger partial charge on any atom is -0.497 e. The third-order valence-electron chi connectivity index (χ3n) is 7.50. The molecular formula is C30H36F2N2O3S. The zero-order valence-corrected chi connectivity index (χ0v) is 22.6. The van der Waals surface area contributed by atoms with Gasteiger partial charge >= 0.3 is 5.97 Å². The van der Waals surface area contributed by atoms with Crippen molar-refractivity contribution in [3.63, 3.8) is 0 Å². The molecule has 0 aliphatic carbocycles. The van der Waals surface area contributed by atoms with E-state index >= 15 is 4.39 Å². The summed E-state index contributed by atoms with van der Waals surface area (Å²) in [5.74, 6) is 1.11. The quantitative estimate of drug-likeness (QED) is 0.183. The number of hydrogen-bond donors (Lipinski definition) is 1. The standard InChI is InChI=1S/C30H36F2N2O3S/c1-37-24-8-10-29-27(19-24)26(12-14-33-29)28(32)9-6-21-13-16-34(20-22(21)7-11-30(35)36)15-3-17-38-25-5-2-4-23(31)18-25/h2,4-5,8,10,12,14,18-19,21-22,28H,3,6-7,9,11,13,15-17,20H2,1H3,(H,35,36)/t21?,22?,28-/m0/s1. The number of rotatable bonds is 13. The first-order valence-electron chi connectivity index (χ1n) is 13.3. The van der Waals surface area contributed by atoms with E-state index in [1.807, 2.05) is 24.3 Å². The molecule has 3 atom stereocenters. The van der Waals surface area contributed by atoms with Crippen LogP contribution in [0.2, 0.25) is 0 Å². The molecular weight excluding hydrogens is 506 g/mol. The Morgan fingerprint density at radius 1 is 1.21 bits per heavy atom. The molecule has 0 spiro atoms. The highest BCUT2D eigenvalue weighted by molar-refractivity contribution is 7.99. The van der Waals surface area contributed by atoms with Gasteiger partial charge in [-0.25, -0.2) is 8.78 Å². The molecule has 2 aromatic carbocycles. The van der Waals surface area contributed by atoms with Crippen molar-refractivity contribution in [3.05, 3.63) is 66.1 Å². The van der Waals surface area contributed by atoms with Crippen LogP contribution in [0.5, 0.6) is 5.75 Å². The van der Waals surface area contributed by atoms with Gasteiger partial charge in [-0.1, -0.05) is 6.07 Å². The molecule has 204 valence electrons. The number of piperidine rings is 1. The summed E-state index contributed by atoms with van der Waals surface area (Å²) in [5.41, 5.74) is 1.37. The number of benzene rings is 2. The van der Waals surface area contributed by atoms with Gasteiger partial charge in [0.1, 0.15) is 17.7 Å². The summed E-state index contributed by atoms with van der Waals surface area (Å²) in [5, 5.41) is 10.1. The Kier molecular flexibility index (Phi) is 10.4. The van der Waals surface area contributed by atoms with Gasteiger partial charge in [0.25, 0.3) is 0 Å². The normalized spacial score (nSPS) is 18.9. The highest BCUT2D eigenvalue weighted by Crippen LogP contribution is 2.36. The summed E-state index contributed by atoms with van der Waals surface area (Å²) in [6, 6.07) is 13.9. The summed E-state index contributed by atoms with van der Waals surface area (Å²) in [6.07, 6.45) is 4.32. The number of carboxylic acids is 1. The van der Waals surface area contributed by atoms with E-state index in [4.69, 9.17) is 4.74 Å². The Labute approximate surface area is 227 Å². The predicted octanol–water partition coefficient (Wildman–Crippen LogP) is 7.16. The lowest BCUT2D eigenvalue weighted by molar-refractivity contribution is -0.137. The minimum absolute atomic E-state index is 0.137. The average Bonchev–Trinajstić information content (AvgIpc) is 2.92. The molecule has 0 bridgehead atoms. The molecule has 1 aliphatic rings. The summed E-state index contributed by atoms with van der Waals surface area (Å²) in [4.78, 5) is 19.0. The molecule has 1 aromatic heterocycles. The molecule has 8 heteroatoms. The second-order valence-electron chi connectivity index (χ2n) is 10.0. The molecule has 1 fully saturated rings. The molecule has 2 heterocycles. The SMILES string of the molecule is COc1ccc2nccc([C@@H](F)CCC3CCN(CCCSc4cccc(F)c4)CC3CCC(=O)O)c2c1. The maximum absolute atomic E-state index is 15.5. The number of aliphatic carboxylic acids is 1. The number of carbonyl (C=O) groups is 1. The van der Waals surface area contributed by atoms with Gasteiger partial charge in [-0.3, -0.25) is 9.78 Å². The van der Waals surface area contributed by atoms with Crippen LogP contribution in [0.25, 0.3) is 10.9 Å². The van der Waals surface area contributed by atoms with E-state index in [2.05, 4.69) is 9.88 Å². The van der Waals surface area contributed by atoms with Gasteiger partial charge in [-0.15, -0.1) is 11.8 Å². The number of methoxy groups -OCH3 is 1. The second-order valence-corrected chi connectivity index (χ2v) is 11.2. The smallest absolute Gasteiger partial charge is 0.303 e. The van der Waals surface area contributed by atoms with E-state index in [0.717, 1.165) is 60.4 Å². The van der Waals surface area contributed by atoms with Crippen LogP contribution in [0.15, 0.2) is 59.6 Å². The molecule has 0 amide bonds. The zero-order chi connectivity index (χ0) is 26.9. The largest absolute Gasteiger partial charge is 0.497 e. The molecule has 5 nitrogen and oxygen atoms in total. The number of alkyl halides is 1. The molecule has 0 saturated carbocycles. The van der Waals surface area contributed by atoms with Crippen molar-refractivity contribution in [1.29, 1.82) is 0 Å². The highest BCUT2D eigenvalue weighted by Gasteiger charge is 2.30. The number of likely N-dealkylation sites (tertiary alicyclic amines) is 1. The fourth-order valence-electron chi connectivity index (χ4n) is 5.47. The predicted molar refractivity (Wildman–Crippen MR) is 148 cm³/mol. The van der Waals surface area contributed by atoms with Gasteiger partial charge in [-0.05, 0) is 111 Å². The number of carboxylic acid groups (broad SMARTS) is 1. The number of aromatic nitrogens is 1. The number of thioether (sulfide) groups is 1. The first-order chi connectivity index (χ1) is 18.4. The van der Waals surface area contributed by atoms with Crippen molar-refractivity contribution in [3.8, 4) is 5.75 Å². The monoisotopic (exact) mass is 542 g/mol. The fourth-order valence-corrected chi connectivity index (χ4v) is 6.35. The molecule has 1 N–H and O–H groups in total. The zero-order valence-electron chi connectivity index (χ0n) is 21.8. The lowest BCUT2D eigenvalue weighted by atomic mass is 9.79. The molecule has 3 aromatic rings. The van der Waals surface area contributed by atoms with Crippen molar-refractivity contribution < 1.29 is 23.4 Å². The van der Waals surface area contributed by atoms with Crippen LogP contribution in [0.3, 0.4) is 0 Å². The minimum atomic E-state index is -1.12. The van der Waals surface area contributed by atoms with Gasteiger partial charge in [-0.2, -0.15) is 0 Å². The van der Waals surface area contributed by atoms with E-state index in [-0.39, 0.29) is 18.2 Å². The van der Waals surface area contributed by atoms with E-state index in [0.29, 0.717) is 30.1 Å². The highest BCUT2D eigenvalue weighted by atomic mass is 32.2. The lowest BCUT2D eigenvalue weighted by Crippen LogP contribution is -2.41. The van der Waals surface area contributed by atoms with E-state index in [1.165, 1.54) is 6.07 Å². The Morgan fingerprint density at radius 3 is 2.87 bits per heavy atom. The van der Waals surface area contributed by atoms with Crippen LogP contribution in [-0.2, 0) is 4.79 Å². The topological polar surface area (TPSA) is 62.7 Å². The van der Waals surface area contributed by atoms with Gasteiger partial charge in [0, 0.05) is 29.4 Å². The summed E-state index contributed by atoms with van der Waals surface area (Å²) in [7, 11) is 1.59. The van der Waals surface area contributed by atoms with E-state index in [1.54, 1.807) is 43.3 Å². The van der Waals surface area contributed by atoms with E-state index in [9.17, 15) is 14.3 Å². The summed E-state index contributed by atoms with van der Waals surface area (Å²) < 4.78 is 34.3.